The molecule has 1 atom stereocenters. The number of nitro benzene ring substituents is 1. The van der Waals surface area contributed by atoms with Gasteiger partial charge >= 0.3 is 0 Å². The third kappa shape index (κ3) is 3.20. The molecule has 0 amide bonds. The van der Waals surface area contributed by atoms with Gasteiger partial charge in [-0.25, -0.2) is 4.39 Å². The average Bonchev–Trinajstić information content (AvgIpc) is 2.39. The lowest BCUT2D eigenvalue weighted by Gasteiger charge is -2.34. The summed E-state index contributed by atoms with van der Waals surface area (Å²) < 4.78 is 13.1. The first kappa shape index (κ1) is 13.7. The average molecular weight is 267 g/mol. The van der Waals surface area contributed by atoms with Crippen molar-refractivity contribution in [1.29, 1.82) is 0 Å². The van der Waals surface area contributed by atoms with Crippen molar-refractivity contribution in [2.24, 2.45) is 11.7 Å². The minimum absolute atomic E-state index is 0.159. The molecule has 0 aliphatic carbocycles. The highest BCUT2D eigenvalue weighted by Gasteiger charge is 2.25. The molecule has 19 heavy (non-hydrogen) atoms. The smallest absolute Gasteiger partial charge is 0.295 e. The fourth-order valence-corrected chi connectivity index (χ4v) is 2.67. The van der Waals surface area contributed by atoms with E-state index < -0.39 is 10.7 Å². The molecule has 1 saturated heterocycles. The topological polar surface area (TPSA) is 72.4 Å². The highest BCUT2D eigenvalue weighted by molar-refractivity contribution is 5.63. The number of rotatable bonds is 4. The molecule has 1 fully saturated rings. The van der Waals surface area contributed by atoms with Crippen molar-refractivity contribution in [3.8, 4) is 0 Å². The van der Waals surface area contributed by atoms with Gasteiger partial charge in [0.15, 0.2) is 0 Å². The summed E-state index contributed by atoms with van der Waals surface area (Å²) in [7, 11) is 0. The highest BCUT2D eigenvalue weighted by Crippen LogP contribution is 2.32. The minimum Gasteiger partial charge on any atom is -0.366 e. The van der Waals surface area contributed by atoms with Gasteiger partial charge in [0.1, 0.15) is 11.5 Å². The summed E-state index contributed by atoms with van der Waals surface area (Å²) >= 11 is 0. The third-order valence-electron chi connectivity index (χ3n) is 3.57. The monoisotopic (exact) mass is 267 g/mol. The summed E-state index contributed by atoms with van der Waals surface area (Å²) in [6.45, 7) is 2.15. The van der Waals surface area contributed by atoms with E-state index in [9.17, 15) is 14.5 Å². The summed E-state index contributed by atoms with van der Waals surface area (Å²) in [5, 5.41) is 11.0. The zero-order valence-corrected chi connectivity index (χ0v) is 10.7. The quantitative estimate of drug-likeness (QED) is 0.671. The van der Waals surface area contributed by atoms with Crippen molar-refractivity contribution < 1.29 is 9.31 Å². The molecular weight excluding hydrogens is 249 g/mol. The van der Waals surface area contributed by atoms with Crippen molar-refractivity contribution in [2.75, 3.05) is 24.5 Å². The highest BCUT2D eigenvalue weighted by atomic mass is 19.1. The Morgan fingerprint density at radius 2 is 2.32 bits per heavy atom. The standard InChI is InChI=1S/C13H18FN3O2/c14-11-3-4-12(13(8-11)17(18)19)16-7-1-2-10(9-16)5-6-15/h3-4,8,10H,1-2,5-7,9,15H2. The SMILES string of the molecule is NCCC1CCCN(c2ccc(F)cc2[N+](=O)[O-])C1. The predicted molar refractivity (Wildman–Crippen MR) is 71.7 cm³/mol. The van der Waals surface area contributed by atoms with Crippen molar-refractivity contribution >= 4 is 11.4 Å². The van der Waals surface area contributed by atoms with E-state index >= 15 is 0 Å². The first-order valence-electron chi connectivity index (χ1n) is 6.50. The van der Waals surface area contributed by atoms with Crippen molar-refractivity contribution in [3.63, 3.8) is 0 Å². The molecule has 1 aliphatic rings. The van der Waals surface area contributed by atoms with Crippen LogP contribution >= 0.6 is 0 Å². The normalized spacial score (nSPS) is 19.5. The number of halogens is 1. The van der Waals surface area contributed by atoms with Crippen LogP contribution in [-0.4, -0.2) is 24.6 Å². The molecule has 0 saturated carbocycles. The second-order valence-electron chi connectivity index (χ2n) is 4.92. The van der Waals surface area contributed by atoms with Gasteiger partial charge in [-0.2, -0.15) is 0 Å². The van der Waals surface area contributed by atoms with Gasteiger partial charge in [-0.15, -0.1) is 0 Å². The molecule has 1 aliphatic heterocycles. The van der Waals surface area contributed by atoms with E-state index in [1.165, 1.54) is 12.1 Å². The van der Waals surface area contributed by atoms with Gasteiger partial charge in [0.25, 0.3) is 5.69 Å². The second-order valence-corrected chi connectivity index (χ2v) is 4.92. The maximum atomic E-state index is 13.1. The zero-order valence-electron chi connectivity index (χ0n) is 10.7. The first-order chi connectivity index (χ1) is 9.11. The maximum absolute atomic E-state index is 13.1. The summed E-state index contributed by atoms with van der Waals surface area (Å²) in [6, 6.07) is 3.76. The predicted octanol–water partition coefficient (Wildman–Crippen LogP) is 2.30. The van der Waals surface area contributed by atoms with E-state index in [0.717, 1.165) is 38.4 Å². The Morgan fingerprint density at radius 3 is 3.00 bits per heavy atom. The minimum atomic E-state index is -0.578. The number of nitro groups is 1. The van der Waals surface area contributed by atoms with Crippen LogP contribution in [0.3, 0.4) is 0 Å². The largest absolute Gasteiger partial charge is 0.366 e. The molecule has 2 N–H and O–H groups in total. The number of nitrogens with zero attached hydrogens (tertiary/aromatic N) is 2. The van der Waals surface area contributed by atoms with Crippen molar-refractivity contribution in [1.82, 2.24) is 0 Å². The molecular formula is C13H18FN3O2. The molecule has 0 radical (unpaired) electrons. The van der Waals surface area contributed by atoms with Crippen LogP contribution in [0.5, 0.6) is 0 Å². The summed E-state index contributed by atoms with van der Waals surface area (Å²) in [5.41, 5.74) is 5.91. The number of nitrogens with two attached hydrogens (primary N) is 1. The van der Waals surface area contributed by atoms with Gasteiger partial charge in [-0.1, -0.05) is 0 Å². The maximum Gasteiger partial charge on any atom is 0.295 e. The molecule has 0 spiro atoms. The van der Waals surface area contributed by atoms with Crippen molar-refractivity contribution in [3.05, 3.63) is 34.1 Å². The second kappa shape index (κ2) is 5.97. The Balaban J connectivity index is 2.23. The Labute approximate surface area is 111 Å². The molecule has 0 aromatic heterocycles. The Hall–Kier alpha value is -1.69. The Morgan fingerprint density at radius 1 is 1.53 bits per heavy atom. The van der Waals surface area contributed by atoms with Crippen LogP contribution in [0.15, 0.2) is 18.2 Å². The van der Waals surface area contributed by atoms with Crippen molar-refractivity contribution in [2.45, 2.75) is 19.3 Å². The Bertz CT molecular complexity index is 465. The van der Waals surface area contributed by atoms with Crippen LogP contribution < -0.4 is 10.6 Å². The van der Waals surface area contributed by atoms with E-state index in [4.69, 9.17) is 5.73 Å². The van der Waals surface area contributed by atoms with E-state index in [1.807, 2.05) is 4.90 Å². The first-order valence-corrected chi connectivity index (χ1v) is 6.50. The molecule has 1 aromatic carbocycles. The Kier molecular flexibility index (Phi) is 4.31. The molecule has 1 unspecified atom stereocenters. The number of benzene rings is 1. The number of hydrogen-bond acceptors (Lipinski definition) is 4. The van der Waals surface area contributed by atoms with Crippen LogP contribution in [0, 0.1) is 21.8 Å². The van der Waals surface area contributed by atoms with Crippen LogP contribution in [0.1, 0.15) is 19.3 Å². The van der Waals surface area contributed by atoms with E-state index in [1.54, 1.807) is 0 Å². The molecule has 5 nitrogen and oxygen atoms in total. The fraction of sp³-hybridized carbons (Fsp3) is 0.538. The van der Waals surface area contributed by atoms with Crippen LogP contribution in [-0.2, 0) is 0 Å². The summed E-state index contributed by atoms with van der Waals surface area (Å²) in [6.07, 6.45) is 3.01. The molecule has 1 heterocycles. The lowest BCUT2D eigenvalue weighted by Crippen LogP contribution is -2.36. The van der Waals surface area contributed by atoms with Gasteiger partial charge < -0.3 is 10.6 Å². The zero-order chi connectivity index (χ0) is 13.8. The van der Waals surface area contributed by atoms with Gasteiger partial charge in [0, 0.05) is 13.1 Å². The van der Waals surface area contributed by atoms with Crippen LogP contribution in [0.2, 0.25) is 0 Å². The lowest BCUT2D eigenvalue weighted by atomic mass is 9.94. The number of anilines is 1. The number of hydrogen-bond donors (Lipinski definition) is 1. The van der Waals surface area contributed by atoms with Gasteiger partial charge in [0.2, 0.25) is 0 Å². The van der Waals surface area contributed by atoms with Crippen LogP contribution in [0.25, 0.3) is 0 Å². The van der Waals surface area contributed by atoms with Gasteiger partial charge in [-0.05, 0) is 43.9 Å². The molecule has 0 bridgehead atoms. The molecule has 104 valence electrons. The molecule has 6 heteroatoms. The lowest BCUT2D eigenvalue weighted by molar-refractivity contribution is -0.384. The van der Waals surface area contributed by atoms with Crippen LogP contribution in [0.4, 0.5) is 15.8 Å². The molecule has 1 aromatic rings. The third-order valence-corrected chi connectivity index (χ3v) is 3.57. The fourth-order valence-electron chi connectivity index (χ4n) is 2.67. The molecule has 2 rings (SSSR count). The summed E-state index contributed by atoms with van der Waals surface area (Å²) in [5.74, 6) is -0.116. The van der Waals surface area contributed by atoms with E-state index in [0.29, 0.717) is 18.2 Å². The van der Waals surface area contributed by atoms with Gasteiger partial charge in [0.05, 0.1) is 11.0 Å². The number of piperidine rings is 1. The van der Waals surface area contributed by atoms with E-state index in [2.05, 4.69) is 0 Å². The summed E-state index contributed by atoms with van der Waals surface area (Å²) in [4.78, 5) is 12.5. The van der Waals surface area contributed by atoms with E-state index in [-0.39, 0.29) is 5.69 Å². The van der Waals surface area contributed by atoms with Gasteiger partial charge in [-0.3, -0.25) is 10.1 Å².